The van der Waals surface area contributed by atoms with Gasteiger partial charge in [-0.05, 0) is 43.5 Å². The zero-order valence-corrected chi connectivity index (χ0v) is 12.2. The van der Waals surface area contributed by atoms with Gasteiger partial charge < -0.3 is 15.4 Å². The molecule has 4 nitrogen and oxygen atoms in total. The van der Waals surface area contributed by atoms with E-state index >= 15 is 0 Å². The van der Waals surface area contributed by atoms with Crippen LogP contribution in [0.15, 0.2) is 18.3 Å². The second kappa shape index (κ2) is 6.93. The van der Waals surface area contributed by atoms with Crippen LogP contribution in [0.4, 0.5) is 0 Å². The van der Waals surface area contributed by atoms with Crippen molar-refractivity contribution in [1.82, 2.24) is 9.88 Å². The molecule has 1 fully saturated rings. The van der Waals surface area contributed by atoms with Crippen molar-refractivity contribution in [2.45, 2.75) is 19.4 Å². The SMILES string of the molecule is CN(Cc1ccnc(C(N)=S)c1)CC1CCOCC1. The van der Waals surface area contributed by atoms with Gasteiger partial charge in [0.25, 0.3) is 0 Å². The van der Waals surface area contributed by atoms with E-state index in [9.17, 15) is 0 Å². The summed E-state index contributed by atoms with van der Waals surface area (Å²) in [5.74, 6) is 0.746. The molecule has 0 amide bonds. The van der Waals surface area contributed by atoms with Gasteiger partial charge in [0.2, 0.25) is 0 Å². The van der Waals surface area contributed by atoms with Gasteiger partial charge >= 0.3 is 0 Å². The Morgan fingerprint density at radius 3 is 2.95 bits per heavy atom. The second-order valence-corrected chi connectivity index (χ2v) is 5.61. The third-order valence-corrected chi connectivity index (χ3v) is 3.65. The lowest BCUT2D eigenvalue weighted by atomic mass is 10.00. The van der Waals surface area contributed by atoms with Crippen LogP contribution in [0.1, 0.15) is 24.1 Å². The predicted octanol–water partition coefficient (Wildman–Crippen LogP) is 1.57. The third-order valence-electron chi connectivity index (χ3n) is 3.44. The molecule has 1 aromatic heterocycles. The fourth-order valence-corrected chi connectivity index (χ4v) is 2.56. The maximum Gasteiger partial charge on any atom is 0.122 e. The van der Waals surface area contributed by atoms with Crippen molar-refractivity contribution in [3.05, 3.63) is 29.6 Å². The van der Waals surface area contributed by atoms with Crippen LogP contribution in [0.3, 0.4) is 0 Å². The molecule has 2 heterocycles. The molecule has 0 radical (unpaired) electrons. The first kappa shape index (κ1) is 14.4. The van der Waals surface area contributed by atoms with Crippen LogP contribution in [-0.4, -0.2) is 41.7 Å². The summed E-state index contributed by atoms with van der Waals surface area (Å²) in [6, 6.07) is 3.99. The number of pyridine rings is 1. The lowest BCUT2D eigenvalue weighted by Crippen LogP contribution is -2.29. The zero-order chi connectivity index (χ0) is 13.7. The molecule has 104 valence electrons. The topological polar surface area (TPSA) is 51.4 Å². The van der Waals surface area contributed by atoms with Gasteiger partial charge in [0.15, 0.2) is 0 Å². The average molecular weight is 279 g/mol. The average Bonchev–Trinajstić information content (AvgIpc) is 2.40. The molecular formula is C14H21N3OS. The van der Waals surface area contributed by atoms with Crippen molar-refractivity contribution in [3.8, 4) is 0 Å². The Morgan fingerprint density at radius 1 is 1.53 bits per heavy atom. The Bertz CT molecular complexity index is 432. The highest BCUT2D eigenvalue weighted by atomic mass is 32.1. The minimum absolute atomic E-state index is 0.355. The fourth-order valence-electron chi connectivity index (χ4n) is 2.45. The zero-order valence-electron chi connectivity index (χ0n) is 11.3. The van der Waals surface area contributed by atoms with Crippen molar-refractivity contribution in [2.75, 3.05) is 26.8 Å². The lowest BCUT2D eigenvalue weighted by molar-refractivity contribution is 0.0549. The van der Waals surface area contributed by atoms with Crippen LogP contribution < -0.4 is 5.73 Å². The van der Waals surface area contributed by atoms with Crippen LogP contribution in [0.2, 0.25) is 0 Å². The largest absolute Gasteiger partial charge is 0.388 e. The second-order valence-electron chi connectivity index (χ2n) is 5.17. The smallest absolute Gasteiger partial charge is 0.122 e. The molecule has 0 unspecified atom stereocenters. The molecule has 0 spiro atoms. The standard InChI is InChI=1S/C14H21N3OS/c1-17(9-11-3-6-18-7-4-11)10-12-2-5-16-13(8-12)14(15)19/h2,5,8,11H,3-4,6-7,9-10H2,1H3,(H2,15,19). The summed E-state index contributed by atoms with van der Waals surface area (Å²) in [4.78, 5) is 6.86. The van der Waals surface area contributed by atoms with Gasteiger partial charge in [-0.3, -0.25) is 4.98 Å². The van der Waals surface area contributed by atoms with E-state index in [0.29, 0.717) is 10.7 Å². The van der Waals surface area contributed by atoms with Crippen molar-refractivity contribution in [1.29, 1.82) is 0 Å². The van der Waals surface area contributed by atoms with E-state index < -0.39 is 0 Å². The molecule has 0 saturated carbocycles. The first-order chi connectivity index (χ1) is 9.15. The predicted molar refractivity (Wildman–Crippen MR) is 80.0 cm³/mol. The minimum atomic E-state index is 0.355. The highest BCUT2D eigenvalue weighted by Crippen LogP contribution is 2.16. The summed E-state index contributed by atoms with van der Waals surface area (Å²) >= 11 is 4.95. The molecule has 1 aromatic rings. The Labute approximate surface area is 120 Å². The van der Waals surface area contributed by atoms with Crippen molar-refractivity contribution in [3.63, 3.8) is 0 Å². The summed E-state index contributed by atoms with van der Waals surface area (Å²) in [6.45, 7) is 3.81. The molecule has 2 N–H and O–H groups in total. The summed E-state index contributed by atoms with van der Waals surface area (Å²) < 4.78 is 5.39. The number of aromatic nitrogens is 1. The van der Waals surface area contributed by atoms with Crippen LogP contribution in [0.5, 0.6) is 0 Å². The summed E-state index contributed by atoms with van der Waals surface area (Å²) in [5, 5.41) is 0. The Hall–Kier alpha value is -1.04. The van der Waals surface area contributed by atoms with Gasteiger partial charge in [0.05, 0.1) is 5.69 Å². The van der Waals surface area contributed by atoms with Gasteiger partial charge in [-0.15, -0.1) is 0 Å². The number of hydrogen-bond donors (Lipinski definition) is 1. The highest BCUT2D eigenvalue weighted by molar-refractivity contribution is 7.80. The van der Waals surface area contributed by atoms with E-state index in [4.69, 9.17) is 22.7 Å². The Morgan fingerprint density at radius 2 is 2.26 bits per heavy atom. The Balaban J connectivity index is 1.88. The van der Waals surface area contributed by atoms with E-state index in [0.717, 1.165) is 32.2 Å². The molecular weight excluding hydrogens is 258 g/mol. The fraction of sp³-hybridized carbons (Fsp3) is 0.571. The number of rotatable bonds is 5. The molecule has 0 atom stereocenters. The van der Waals surface area contributed by atoms with E-state index in [-0.39, 0.29) is 0 Å². The van der Waals surface area contributed by atoms with Crippen molar-refractivity contribution < 1.29 is 4.74 Å². The molecule has 0 aliphatic carbocycles. The van der Waals surface area contributed by atoms with E-state index in [1.165, 1.54) is 18.4 Å². The first-order valence-electron chi connectivity index (χ1n) is 6.66. The molecule has 0 aromatic carbocycles. The van der Waals surface area contributed by atoms with Gasteiger partial charge in [-0.25, -0.2) is 0 Å². The van der Waals surface area contributed by atoms with Crippen molar-refractivity contribution >= 4 is 17.2 Å². The van der Waals surface area contributed by atoms with Gasteiger partial charge in [0, 0.05) is 32.5 Å². The molecule has 5 heteroatoms. The highest BCUT2D eigenvalue weighted by Gasteiger charge is 2.15. The number of ether oxygens (including phenoxy) is 1. The Kier molecular flexibility index (Phi) is 5.24. The normalized spacial score (nSPS) is 16.7. The number of hydrogen-bond acceptors (Lipinski definition) is 4. The van der Waals surface area contributed by atoms with E-state index in [1.807, 2.05) is 12.1 Å². The monoisotopic (exact) mass is 279 g/mol. The summed E-state index contributed by atoms with van der Waals surface area (Å²) in [5.41, 5.74) is 7.51. The molecule has 1 aliphatic heterocycles. The maximum atomic E-state index is 5.60. The van der Waals surface area contributed by atoms with E-state index in [2.05, 4.69) is 16.9 Å². The van der Waals surface area contributed by atoms with Crippen LogP contribution >= 0.6 is 12.2 Å². The maximum absolute atomic E-state index is 5.60. The van der Waals surface area contributed by atoms with Crippen molar-refractivity contribution in [2.24, 2.45) is 11.7 Å². The lowest BCUT2D eigenvalue weighted by Gasteiger charge is -2.27. The van der Waals surface area contributed by atoms with Gasteiger partial charge in [-0.2, -0.15) is 0 Å². The quantitative estimate of drug-likeness (QED) is 0.829. The molecule has 19 heavy (non-hydrogen) atoms. The van der Waals surface area contributed by atoms with Gasteiger partial charge in [0.1, 0.15) is 4.99 Å². The molecule has 1 aliphatic rings. The summed E-state index contributed by atoms with van der Waals surface area (Å²) in [7, 11) is 2.15. The summed E-state index contributed by atoms with van der Waals surface area (Å²) in [6.07, 6.45) is 4.10. The minimum Gasteiger partial charge on any atom is -0.388 e. The first-order valence-corrected chi connectivity index (χ1v) is 7.07. The molecule has 2 rings (SSSR count). The van der Waals surface area contributed by atoms with Gasteiger partial charge in [-0.1, -0.05) is 12.2 Å². The third kappa shape index (κ3) is 4.53. The number of nitrogens with zero attached hydrogens (tertiary/aromatic N) is 2. The van der Waals surface area contributed by atoms with Crippen LogP contribution in [0.25, 0.3) is 0 Å². The molecule has 0 bridgehead atoms. The van der Waals surface area contributed by atoms with E-state index in [1.54, 1.807) is 6.20 Å². The number of thiocarbonyl (C=S) groups is 1. The molecule has 1 saturated heterocycles. The van der Waals surface area contributed by atoms with Crippen LogP contribution in [-0.2, 0) is 11.3 Å². The van der Waals surface area contributed by atoms with Crippen LogP contribution in [0, 0.1) is 5.92 Å². The number of nitrogens with two attached hydrogens (primary N) is 1.